The Labute approximate surface area is 93.6 Å². The maximum atomic E-state index is 11.7. The molecule has 4 nitrogen and oxygen atoms in total. The number of carbonyl (C=O) groups excluding carboxylic acids is 2. The molecule has 1 amide bonds. The highest BCUT2D eigenvalue weighted by Crippen LogP contribution is 2.34. The molecule has 1 aromatic rings. The van der Waals surface area contributed by atoms with Crippen LogP contribution in [0.5, 0.6) is 0 Å². The normalized spacial score (nSPS) is 17.8. The molecule has 0 bridgehead atoms. The first kappa shape index (κ1) is 10.7. The molecular weight excluding hydrogens is 206 g/mol. The largest absolute Gasteiger partial charge is 0.466 e. The summed E-state index contributed by atoms with van der Waals surface area (Å²) in [5.74, 6) is -0.871. The van der Waals surface area contributed by atoms with E-state index < -0.39 is 5.92 Å². The monoisotopic (exact) mass is 219 g/mol. The van der Waals surface area contributed by atoms with Crippen molar-refractivity contribution in [2.45, 2.75) is 19.3 Å². The van der Waals surface area contributed by atoms with Gasteiger partial charge in [-0.2, -0.15) is 0 Å². The van der Waals surface area contributed by atoms with Gasteiger partial charge in [0.05, 0.1) is 18.9 Å². The number of anilines is 1. The van der Waals surface area contributed by atoms with E-state index in [4.69, 9.17) is 4.74 Å². The molecule has 1 aromatic carbocycles. The Hall–Kier alpha value is -1.84. The van der Waals surface area contributed by atoms with Crippen molar-refractivity contribution in [3.05, 3.63) is 29.8 Å². The van der Waals surface area contributed by atoms with Gasteiger partial charge >= 0.3 is 5.97 Å². The van der Waals surface area contributed by atoms with Crippen LogP contribution in [-0.4, -0.2) is 18.5 Å². The lowest BCUT2D eigenvalue weighted by Crippen LogP contribution is -2.17. The number of rotatable bonds is 3. The van der Waals surface area contributed by atoms with Gasteiger partial charge in [0.1, 0.15) is 0 Å². The molecule has 0 saturated carbocycles. The highest BCUT2D eigenvalue weighted by Gasteiger charge is 2.32. The molecule has 1 unspecified atom stereocenters. The zero-order valence-corrected chi connectivity index (χ0v) is 9.03. The average Bonchev–Trinajstić information content (AvgIpc) is 2.56. The molecule has 0 aromatic heterocycles. The standard InChI is InChI=1S/C12H13NO3/c1-2-16-11(14)7-9-8-5-3-4-6-10(8)13-12(9)15/h3-6,9H,2,7H2,1H3,(H,13,15). The number of fused-ring (bicyclic) bond motifs is 1. The van der Waals surface area contributed by atoms with Gasteiger partial charge in [0.15, 0.2) is 0 Å². The van der Waals surface area contributed by atoms with E-state index >= 15 is 0 Å². The molecule has 4 heteroatoms. The van der Waals surface area contributed by atoms with Crippen LogP contribution >= 0.6 is 0 Å². The summed E-state index contributed by atoms with van der Waals surface area (Å²) in [6.07, 6.45) is 0.108. The molecule has 1 aliphatic rings. The minimum Gasteiger partial charge on any atom is -0.466 e. The summed E-state index contributed by atoms with van der Waals surface area (Å²) in [4.78, 5) is 23.0. The number of carbonyl (C=O) groups is 2. The fourth-order valence-corrected chi connectivity index (χ4v) is 1.87. The minimum absolute atomic E-state index is 0.108. The fourth-order valence-electron chi connectivity index (χ4n) is 1.87. The number of amides is 1. The van der Waals surface area contributed by atoms with Crippen LogP contribution in [0.25, 0.3) is 0 Å². The fraction of sp³-hybridized carbons (Fsp3) is 0.333. The van der Waals surface area contributed by atoms with Crippen LogP contribution in [-0.2, 0) is 14.3 Å². The van der Waals surface area contributed by atoms with E-state index in [-0.39, 0.29) is 18.3 Å². The lowest BCUT2D eigenvalue weighted by molar-refractivity contribution is -0.144. The highest BCUT2D eigenvalue weighted by molar-refractivity contribution is 6.04. The number of benzene rings is 1. The predicted molar refractivity (Wildman–Crippen MR) is 59.1 cm³/mol. The van der Waals surface area contributed by atoms with E-state index in [1.165, 1.54) is 0 Å². The Bertz CT molecular complexity index is 428. The van der Waals surface area contributed by atoms with Gasteiger partial charge in [0.2, 0.25) is 5.91 Å². The van der Waals surface area contributed by atoms with Crippen molar-refractivity contribution in [3.63, 3.8) is 0 Å². The third kappa shape index (κ3) is 1.91. The quantitative estimate of drug-likeness (QED) is 0.787. The van der Waals surface area contributed by atoms with Crippen molar-refractivity contribution >= 4 is 17.6 Å². The zero-order valence-electron chi connectivity index (χ0n) is 9.03. The molecular formula is C12H13NO3. The van der Waals surface area contributed by atoms with Gasteiger partial charge in [-0.1, -0.05) is 18.2 Å². The summed E-state index contributed by atoms with van der Waals surface area (Å²) in [6, 6.07) is 7.40. The summed E-state index contributed by atoms with van der Waals surface area (Å²) in [6.45, 7) is 2.09. The third-order valence-corrected chi connectivity index (χ3v) is 2.59. The number of hydrogen-bond donors (Lipinski definition) is 1. The Balaban J connectivity index is 2.16. The number of esters is 1. The van der Waals surface area contributed by atoms with E-state index in [0.29, 0.717) is 6.61 Å². The first-order chi connectivity index (χ1) is 7.72. The smallest absolute Gasteiger partial charge is 0.306 e. The highest BCUT2D eigenvalue weighted by atomic mass is 16.5. The Morgan fingerprint density at radius 3 is 2.94 bits per heavy atom. The summed E-state index contributed by atoms with van der Waals surface area (Å²) >= 11 is 0. The zero-order chi connectivity index (χ0) is 11.5. The number of ether oxygens (including phenoxy) is 1. The summed E-state index contributed by atoms with van der Waals surface area (Å²) in [7, 11) is 0. The Morgan fingerprint density at radius 2 is 2.19 bits per heavy atom. The Kier molecular flexibility index (Phi) is 2.90. The molecule has 1 atom stereocenters. The van der Waals surface area contributed by atoms with E-state index in [9.17, 15) is 9.59 Å². The topological polar surface area (TPSA) is 55.4 Å². The molecule has 0 radical (unpaired) electrons. The van der Waals surface area contributed by atoms with Crippen LogP contribution in [0, 0.1) is 0 Å². The molecule has 0 saturated heterocycles. The maximum Gasteiger partial charge on any atom is 0.306 e. The molecule has 84 valence electrons. The second kappa shape index (κ2) is 4.35. The van der Waals surface area contributed by atoms with Gasteiger partial charge in [-0.25, -0.2) is 0 Å². The SMILES string of the molecule is CCOC(=O)CC1C(=O)Nc2ccccc21. The number of nitrogens with one attached hydrogen (secondary N) is 1. The van der Waals surface area contributed by atoms with E-state index in [1.54, 1.807) is 6.92 Å². The molecule has 0 aliphatic carbocycles. The van der Waals surface area contributed by atoms with Crippen LogP contribution in [0.4, 0.5) is 5.69 Å². The predicted octanol–water partition coefficient (Wildman–Crippen LogP) is 1.68. The molecule has 1 N–H and O–H groups in total. The Morgan fingerprint density at radius 1 is 1.44 bits per heavy atom. The van der Waals surface area contributed by atoms with Crippen molar-refractivity contribution < 1.29 is 14.3 Å². The maximum absolute atomic E-state index is 11.7. The molecule has 0 fully saturated rings. The van der Waals surface area contributed by atoms with Crippen LogP contribution in [0.3, 0.4) is 0 Å². The van der Waals surface area contributed by atoms with Gasteiger partial charge in [0.25, 0.3) is 0 Å². The van der Waals surface area contributed by atoms with Crippen molar-refractivity contribution in [2.24, 2.45) is 0 Å². The summed E-state index contributed by atoms with van der Waals surface area (Å²) in [5, 5.41) is 2.75. The van der Waals surface area contributed by atoms with Gasteiger partial charge in [-0.15, -0.1) is 0 Å². The summed E-state index contributed by atoms with van der Waals surface area (Å²) < 4.78 is 4.85. The third-order valence-electron chi connectivity index (χ3n) is 2.59. The number of para-hydroxylation sites is 1. The van der Waals surface area contributed by atoms with Crippen LogP contribution in [0.1, 0.15) is 24.8 Å². The lowest BCUT2D eigenvalue weighted by atomic mass is 9.97. The van der Waals surface area contributed by atoms with Crippen LogP contribution in [0.2, 0.25) is 0 Å². The minimum atomic E-state index is -0.407. The molecule has 2 rings (SSSR count). The average molecular weight is 219 g/mol. The summed E-state index contributed by atoms with van der Waals surface area (Å²) in [5.41, 5.74) is 1.67. The van der Waals surface area contributed by atoms with Gasteiger partial charge in [0, 0.05) is 5.69 Å². The van der Waals surface area contributed by atoms with Crippen LogP contribution in [0.15, 0.2) is 24.3 Å². The molecule has 1 aliphatic heterocycles. The van der Waals surface area contributed by atoms with Crippen LogP contribution < -0.4 is 5.32 Å². The first-order valence-corrected chi connectivity index (χ1v) is 5.27. The van der Waals surface area contributed by atoms with E-state index in [0.717, 1.165) is 11.3 Å². The first-order valence-electron chi connectivity index (χ1n) is 5.27. The van der Waals surface area contributed by atoms with Crippen molar-refractivity contribution in [1.82, 2.24) is 0 Å². The van der Waals surface area contributed by atoms with Crippen molar-refractivity contribution in [3.8, 4) is 0 Å². The van der Waals surface area contributed by atoms with E-state index in [1.807, 2.05) is 24.3 Å². The molecule has 0 spiro atoms. The van der Waals surface area contributed by atoms with Gasteiger partial charge in [-0.3, -0.25) is 9.59 Å². The molecule has 16 heavy (non-hydrogen) atoms. The van der Waals surface area contributed by atoms with Crippen molar-refractivity contribution in [1.29, 1.82) is 0 Å². The number of hydrogen-bond acceptors (Lipinski definition) is 3. The lowest BCUT2D eigenvalue weighted by Gasteiger charge is -2.07. The van der Waals surface area contributed by atoms with Gasteiger partial charge < -0.3 is 10.1 Å². The second-order valence-corrected chi connectivity index (χ2v) is 3.64. The molecule has 1 heterocycles. The van der Waals surface area contributed by atoms with Gasteiger partial charge in [-0.05, 0) is 18.6 Å². The second-order valence-electron chi connectivity index (χ2n) is 3.64. The van der Waals surface area contributed by atoms with E-state index in [2.05, 4.69) is 5.32 Å². The van der Waals surface area contributed by atoms with Crippen molar-refractivity contribution in [2.75, 3.05) is 11.9 Å².